The second-order valence-corrected chi connectivity index (χ2v) is 13.2. The van der Waals surface area contributed by atoms with E-state index in [1.165, 1.54) is 65.1 Å². The number of fused-ring (bicyclic) bond motifs is 1. The van der Waals surface area contributed by atoms with Gasteiger partial charge in [0, 0.05) is 20.1 Å². The Morgan fingerprint density at radius 3 is 2.33 bits per heavy atom. The van der Waals surface area contributed by atoms with Gasteiger partial charge in [0.25, 0.3) is 5.56 Å². The average molecular weight is 644 g/mol. The van der Waals surface area contributed by atoms with Crippen molar-refractivity contribution in [2.75, 3.05) is 13.7 Å². The summed E-state index contributed by atoms with van der Waals surface area (Å²) in [6, 6.07) is 12.0. The van der Waals surface area contributed by atoms with Gasteiger partial charge in [-0.2, -0.15) is 8.42 Å². The number of ketones is 1. The SMILES string of the molecule is CCN(C(=O)OC(C)(C)C)C1CC[C@H](OC)Cn2c1nc(C(=O)CCc1ccc(F)cc1)c(OS(=O)(=O)c1ccccc1)c2=O. The summed E-state index contributed by atoms with van der Waals surface area (Å²) in [6.07, 6.45) is -0.387. The van der Waals surface area contributed by atoms with Crippen molar-refractivity contribution in [2.45, 2.75) is 82.6 Å². The van der Waals surface area contributed by atoms with Crippen LogP contribution < -0.4 is 9.74 Å². The first kappa shape index (κ1) is 33.8. The van der Waals surface area contributed by atoms with Gasteiger partial charge in [-0.3, -0.25) is 19.1 Å². The molecule has 1 unspecified atom stereocenters. The standard InChI is InChI=1S/C32H38FN3O8S/c1-6-35(31(39)43-32(2,3)4)25-18-17-23(42-5)20-36-29(25)34-27(26(37)19-14-21-12-15-22(33)16-13-21)28(30(36)38)44-45(40,41)24-10-8-7-9-11-24/h7-13,15-16,23,25H,6,14,17-20H2,1-5H3/t23-,25?/m0/s1. The molecular formula is C32H38FN3O8S. The van der Waals surface area contributed by atoms with Gasteiger partial charge in [-0.05, 0) is 76.8 Å². The minimum atomic E-state index is -4.55. The second-order valence-electron chi connectivity index (χ2n) is 11.7. The molecule has 0 fully saturated rings. The van der Waals surface area contributed by atoms with Crippen LogP contribution in [0.2, 0.25) is 0 Å². The van der Waals surface area contributed by atoms with E-state index >= 15 is 0 Å². The Balaban J connectivity index is 1.87. The van der Waals surface area contributed by atoms with Crippen LogP contribution >= 0.6 is 0 Å². The summed E-state index contributed by atoms with van der Waals surface area (Å²) in [4.78, 5) is 47.1. The summed E-state index contributed by atoms with van der Waals surface area (Å²) in [5.74, 6) is -1.76. The molecule has 45 heavy (non-hydrogen) atoms. The molecule has 0 N–H and O–H groups in total. The maximum atomic E-state index is 14.2. The third kappa shape index (κ3) is 8.14. The number of hydrogen-bond donors (Lipinski definition) is 0. The summed E-state index contributed by atoms with van der Waals surface area (Å²) in [5, 5.41) is 0. The fourth-order valence-corrected chi connectivity index (χ4v) is 6.03. The molecule has 2 aromatic carbocycles. The summed E-state index contributed by atoms with van der Waals surface area (Å²) >= 11 is 0. The lowest BCUT2D eigenvalue weighted by Gasteiger charge is -2.32. The van der Waals surface area contributed by atoms with Gasteiger partial charge in [-0.25, -0.2) is 14.2 Å². The van der Waals surface area contributed by atoms with Gasteiger partial charge < -0.3 is 13.7 Å². The minimum absolute atomic E-state index is 0.0220. The van der Waals surface area contributed by atoms with Crippen molar-refractivity contribution in [2.24, 2.45) is 0 Å². The minimum Gasteiger partial charge on any atom is -0.444 e. The summed E-state index contributed by atoms with van der Waals surface area (Å²) in [7, 11) is -3.06. The third-order valence-electron chi connectivity index (χ3n) is 7.32. The first-order chi connectivity index (χ1) is 21.2. The molecule has 0 aliphatic carbocycles. The number of ether oxygens (including phenoxy) is 2. The van der Waals surface area contributed by atoms with Crippen LogP contribution in [0.1, 0.15) is 74.9 Å². The van der Waals surface area contributed by atoms with Gasteiger partial charge in [-0.1, -0.05) is 30.3 Å². The molecule has 1 aliphatic heterocycles. The largest absolute Gasteiger partial charge is 0.444 e. The lowest BCUT2D eigenvalue weighted by molar-refractivity contribution is 0.0139. The van der Waals surface area contributed by atoms with E-state index in [9.17, 15) is 27.2 Å². The highest BCUT2D eigenvalue weighted by molar-refractivity contribution is 7.87. The number of Topliss-reactive ketones (excluding diaryl/α,β-unsaturated/α-hetero) is 1. The van der Waals surface area contributed by atoms with Crippen LogP contribution in [0.4, 0.5) is 9.18 Å². The number of aryl methyl sites for hydroxylation is 1. The summed E-state index contributed by atoms with van der Waals surface area (Å²) in [5.41, 5.74) is -1.53. The molecule has 2 heterocycles. The Kier molecular flexibility index (Phi) is 10.4. The average Bonchev–Trinajstić information content (AvgIpc) is 3.17. The smallest absolute Gasteiger partial charge is 0.410 e. The Morgan fingerprint density at radius 2 is 1.73 bits per heavy atom. The van der Waals surface area contributed by atoms with Crippen molar-refractivity contribution in [1.82, 2.24) is 14.5 Å². The normalized spacial score (nSPS) is 16.8. The maximum Gasteiger partial charge on any atom is 0.410 e. The molecule has 1 aliphatic rings. The molecule has 11 nitrogen and oxygen atoms in total. The van der Waals surface area contributed by atoms with Gasteiger partial charge in [0.15, 0.2) is 11.5 Å². The van der Waals surface area contributed by atoms with E-state index in [2.05, 4.69) is 4.98 Å². The summed E-state index contributed by atoms with van der Waals surface area (Å²) in [6.45, 7) is 7.13. The predicted octanol–water partition coefficient (Wildman–Crippen LogP) is 5.07. The number of halogens is 1. The molecule has 0 radical (unpaired) electrons. The highest BCUT2D eigenvalue weighted by atomic mass is 32.2. The number of carbonyl (C=O) groups is 2. The zero-order chi connectivity index (χ0) is 32.9. The Bertz CT molecular complexity index is 1690. The Labute approximate surface area is 262 Å². The number of amides is 1. The fourth-order valence-electron chi connectivity index (χ4n) is 5.07. The number of nitrogens with zero attached hydrogens (tertiary/aromatic N) is 3. The molecule has 0 bridgehead atoms. The number of rotatable bonds is 10. The number of hydrogen-bond acceptors (Lipinski definition) is 9. The van der Waals surface area contributed by atoms with Crippen LogP contribution in [0.25, 0.3) is 0 Å². The zero-order valence-electron chi connectivity index (χ0n) is 26.0. The Morgan fingerprint density at radius 1 is 1.07 bits per heavy atom. The molecule has 1 aromatic heterocycles. The molecule has 2 atom stereocenters. The fraction of sp³-hybridized carbons (Fsp3) is 0.438. The molecule has 0 saturated heterocycles. The highest BCUT2D eigenvalue weighted by Crippen LogP contribution is 2.32. The van der Waals surface area contributed by atoms with Crippen molar-refractivity contribution in [3.05, 3.63) is 87.9 Å². The maximum absolute atomic E-state index is 14.2. The molecule has 1 amide bonds. The van der Waals surface area contributed by atoms with Crippen LogP contribution in [0.15, 0.2) is 64.3 Å². The van der Waals surface area contributed by atoms with Crippen LogP contribution in [0.5, 0.6) is 5.75 Å². The summed E-state index contributed by atoms with van der Waals surface area (Å²) < 4.78 is 57.9. The number of methoxy groups -OCH3 is 1. The highest BCUT2D eigenvalue weighted by Gasteiger charge is 2.37. The van der Waals surface area contributed by atoms with Crippen LogP contribution in [0.3, 0.4) is 0 Å². The van der Waals surface area contributed by atoms with Crippen LogP contribution in [-0.4, -0.2) is 60.1 Å². The monoisotopic (exact) mass is 643 g/mol. The van der Waals surface area contributed by atoms with E-state index in [4.69, 9.17) is 13.7 Å². The molecule has 0 spiro atoms. The van der Waals surface area contributed by atoms with Crippen LogP contribution in [-0.2, 0) is 32.6 Å². The van der Waals surface area contributed by atoms with E-state index in [0.717, 1.165) is 0 Å². The molecule has 3 aromatic rings. The van der Waals surface area contributed by atoms with E-state index in [1.807, 2.05) is 0 Å². The van der Waals surface area contributed by atoms with Crippen molar-refractivity contribution >= 4 is 22.0 Å². The lowest BCUT2D eigenvalue weighted by Crippen LogP contribution is -2.41. The van der Waals surface area contributed by atoms with E-state index < -0.39 is 62.6 Å². The molecule has 242 valence electrons. The van der Waals surface area contributed by atoms with Crippen LogP contribution in [0, 0.1) is 5.82 Å². The van der Waals surface area contributed by atoms with Crippen molar-refractivity contribution in [3.63, 3.8) is 0 Å². The van der Waals surface area contributed by atoms with Crippen molar-refractivity contribution in [1.29, 1.82) is 0 Å². The van der Waals surface area contributed by atoms with E-state index in [0.29, 0.717) is 18.4 Å². The topological polar surface area (TPSA) is 134 Å². The first-order valence-electron chi connectivity index (χ1n) is 14.7. The molecule has 0 saturated carbocycles. The quantitative estimate of drug-likeness (QED) is 0.219. The van der Waals surface area contributed by atoms with Gasteiger partial charge in [0.05, 0.1) is 18.7 Å². The lowest BCUT2D eigenvalue weighted by atomic mass is 10.0. The first-order valence-corrected chi connectivity index (χ1v) is 16.1. The van der Waals surface area contributed by atoms with Gasteiger partial charge in [0.2, 0.25) is 5.75 Å². The van der Waals surface area contributed by atoms with Crippen molar-refractivity contribution < 1.29 is 36.1 Å². The van der Waals surface area contributed by atoms with E-state index in [1.54, 1.807) is 33.8 Å². The second kappa shape index (κ2) is 13.9. The van der Waals surface area contributed by atoms with Gasteiger partial charge in [-0.15, -0.1) is 0 Å². The number of benzene rings is 2. The Hall–Kier alpha value is -4.10. The predicted molar refractivity (Wildman–Crippen MR) is 163 cm³/mol. The third-order valence-corrected chi connectivity index (χ3v) is 8.56. The van der Waals surface area contributed by atoms with Gasteiger partial charge in [0.1, 0.15) is 22.1 Å². The molecule has 13 heteroatoms. The number of carbonyl (C=O) groups excluding carboxylic acids is 2. The van der Waals surface area contributed by atoms with Gasteiger partial charge >= 0.3 is 16.2 Å². The van der Waals surface area contributed by atoms with E-state index in [-0.39, 0.29) is 36.7 Å². The molecule has 4 rings (SSSR count). The zero-order valence-corrected chi connectivity index (χ0v) is 26.8. The molecular weight excluding hydrogens is 605 g/mol. The number of aromatic nitrogens is 2. The van der Waals surface area contributed by atoms with Crippen molar-refractivity contribution in [3.8, 4) is 5.75 Å².